The van der Waals surface area contributed by atoms with E-state index in [9.17, 15) is 9.59 Å². The van der Waals surface area contributed by atoms with Gasteiger partial charge in [-0.05, 0) is 48.6 Å². The molecule has 0 bridgehead atoms. The predicted molar refractivity (Wildman–Crippen MR) is 104 cm³/mol. The number of rotatable bonds is 3. The van der Waals surface area contributed by atoms with E-state index in [4.69, 9.17) is 4.74 Å². The fourth-order valence-electron chi connectivity index (χ4n) is 4.43. The maximum Gasteiger partial charge on any atom is 0.230 e. The van der Waals surface area contributed by atoms with E-state index in [1.54, 1.807) is 13.2 Å². The number of aromatic amines is 1. The van der Waals surface area contributed by atoms with Gasteiger partial charge in [0.15, 0.2) is 0 Å². The first-order valence-electron chi connectivity index (χ1n) is 9.96. The molecule has 2 amide bonds. The van der Waals surface area contributed by atoms with Crippen LogP contribution in [-0.4, -0.2) is 47.1 Å². The predicted octanol–water partition coefficient (Wildman–Crippen LogP) is 2.35. The van der Waals surface area contributed by atoms with Gasteiger partial charge in [-0.15, -0.1) is 0 Å². The van der Waals surface area contributed by atoms with Crippen LogP contribution in [0.4, 0.5) is 5.69 Å². The van der Waals surface area contributed by atoms with Crippen molar-refractivity contribution in [3.63, 3.8) is 0 Å². The van der Waals surface area contributed by atoms with E-state index < -0.39 is 5.92 Å². The maximum atomic E-state index is 13.4. The van der Waals surface area contributed by atoms with Crippen LogP contribution in [-0.2, 0) is 22.4 Å². The summed E-state index contributed by atoms with van der Waals surface area (Å²) < 4.78 is 5.33. The van der Waals surface area contributed by atoms with Crippen LogP contribution in [0.1, 0.15) is 53.6 Å². The molecule has 28 heavy (non-hydrogen) atoms. The molecule has 146 valence electrons. The van der Waals surface area contributed by atoms with Crippen molar-refractivity contribution in [2.75, 3.05) is 25.5 Å². The number of nitrogens with one attached hydrogen (secondary N) is 2. The average Bonchev–Trinajstić information content (AvgIpc) is 3.51. The van der Waals surface area contributed by atoms with Gasteiger partial charge in [-0.1, -0.05) is 0 Å². The molecule has 3 aliphatic rings. The minimum absolute atomic E-state index is 0.0236. The molecule has 1 unspecified atom stereocenters. The van der Waals surface area contributed by atoms with Gasteiger partial charge >= 0.3 is 0 Å². The van der Waals surface area contributed by atoms with E-state index in [1.165, 1.54) is 29.8 Å². The van der Waals surface area contributed by atoms with Crippen molar-refractivity contribution in [1.82, 2.24) is 15.1 Å². The van der Waals surface area contributed by atoms with Crippen molar-refractivity contribution in [3.05, 3.63) is 40.7 Å². The summed E-state index contributed by atoms with van der Waals surface area (Å²) in [4.78, 5) is 27.5. The first-order chi connectivity index (χ1) is 13.6. The van der Waals surface area contributed by atoms with Gasteiger partial charge in [0.2, 0.25) is 11.8 Å². The Bertz CT molecular complexity index is 947. The summed E-state index contributed by atoms with van der Waals surface area (Å²) in [5, 5.41) is 10.6. The van der Waals surface area contributed by atoms with Crippen molar-refractivity contribution >= 4 is 17.5 Å². The molecule has 2 N–H and O–H groups in total. The Balaban J connectivity index is 1.39. The summed E-state index contributed by atoms with van der Waals surface area (Å²) >= 11 is 0. The van der Waals surface area contributed by atoms with E-state index in [0.717, 1.165) is 18.4 Å². The van der Waals surface area contributed by atoms with Gasteiger partial charge in [0.05, 0.1) is 18.7 Å². The number of carbonyl (C=O) groups is 2. The van der Waals surface area contributed by atoms with Crippen LogP contribution >= 0.6 is 0 Å². The highest BCUT2D eigenvalue weighted by Gasteiger charge is 2.36. The summed E-state index contributed by atoms with van der Waals surface area (Å²) in [6, 6.07) is 5.48. The molecule has 7 heteroatoms. The monoisotopic (exact) mass is 380 g/mol. The maximum absolute atomic E-state index is 13.4. The van der Waals surface area contributed by atoms with Crippen LogP contribution in [0.5, 0.6) is 5.75 Å². The molecule has 1 aromatic heterocycles. The number of benzene rings is 1. The van der Waals surface area contributed by atoms with Gasteiger partial charge in [-0.3, -0.25) is 14.7 Å². The van der Waals surface area contributed by atoms with Crippen LogP contribution in [0.3, 0.4) is 0 Å². The van der Waals surface area contributed by atoms with Gasteiger partial charge < -0.3 is 15.0 Å². The van der Waals surface area contributed by atoms with Crippen LogP contribution in [0.2, 0.25) is 0 Å². The van der Waals surface area contributed by atoms with Gasteiger partial charge in [-0.25, -0.2) is 0 Å². The Kier molecular flexibility index (Phi) is 4.10. The first kappa shape index (κ1) is 17.3. The largest absolute Gasteiger partial charge is 0.497 e. The summed E-state index contributed by atoms with van der Waals surface area (Å²) in [7, 11) is 1.61. The lowest BCUT2D eigenvalue weighted by molar-refractivity contribution is -0.134. The molecular formula is C21H24N4O3. The van der Waals surface area contributed by atoms with Crippen LogP contribution in [0.25, 0.3) is 0 Å². The van der Waals surface area contributed by atoms with Crippen molar-refractivity contribution in [1.29, 1.82) is 0 Å². The number of aromatic nitrogens is 2. The van der Waals surface area contributed by atoms with E-state index >= 15 is 0 Å². The molecule has 2 aliphatic heterocycles. The highest BCUT2D eigenvalue weighted by molar-refractivity contribution is 6.01. The molecular weight excluding hydrogens is 356 g/mol. The lowest BCUT2D eigenvalue weighted by Gasteiger charge is -2.30. The molecule has 0 spiro atoms. The zero-order chi connectivity index (χ0) is 19.3. The summed E-state index contributed by atoms with van der Waals surface area (Å²) in [5.41, 5.74) is 5.22. The quantitative estimate of drug-likeness (QED) is 0.856. The van der Waals surface area contributed by atoms with Crippen LogP contribution in [0.15, 0.2) is 18.2 Å². The third-order valence-electron chi connectivity index (χ3n) is 6.12. The van der Waals surface area contributed by atoms with Gasteiger partial charge in [0.25, 0.3) is 0 Å². The highest BCUT2D eigenvalue weighted by atomic mass is 16.5. The number of anilines is 1. The number of hydrogen-bond acceptors (Lipinski definition) is 4. The second-order valence-corrected chi connectivity index (χ2v) is 7.92. The molecule has 1 aromatic carbocycles. The van der Waals surface area contributed by atoms with E-state index in [0.29, 0.717) is 30.4 Å². The highest BCUT2D eigenvalue weighted by Crippen LogP contribution is 2.42. The second kappa shape index (κ2) is 6.65. The fraction of sp³-hybridized carbons (Fsp3) is 0.476. The Morgan fingerprint density at radius 3 is 2.86 bits per heavy atom. The topological polar surface area (TPSA) is 87.3 Å². The molecule has 1 aliphatic carbocycles. The molecule has 1 atom stereocenters. The van der Waals surface area contributed by atoms with E-state index in [1.807, 2.05) is 17.0 Å². The van der Waals surface area contributed by atoms with Crippen LogP contribution in [0, 0.1) is 0 Å². The fourth-order valence-corrected chi connectivity index (χ4v) is 4.43. The molecule has 1 saturated carbocycles. The number of H-pyrrole nitrogens is 1. The number of carbonyl (C=O) groups excluding carboxylic acids is 2. The Morgan fingerprint density at radius 1 is 1.25 bits per heavy atom. The molecule has 2 aromatic rings. The Labute approximate surface area is 163 Å². The Hall–Kier alpha value is -2.83. The number of hydrogen-bond donors (Lipinski definition) is 2. The van der Waals surface area contributed by atoms with Crippen molar-refractivity contribution in [2.24, 2.45) is 0 Å². The zero-order valence-corrected chi connectivity index (χ0v) is 16.0. The first-order valence-corrected chi connectivity index (χ1v) is 9.96. The zero-order valence-electron chi connectivity index (χ0n) is 16.0. The summed E-state index contributed by atoms with van der Waals surface area (Å²) in [6.45, 7) is 1.32. The van der Waals surface area contributed by atoms with E-state index in [-0.39, 0.29) is 18.2 Å². The van der Waals surface area contributed by atoms with Crippen molar-refractivity contribution in [3.8, 4) is 5.75 Å². The molecule has 1 fully saturated rings. The number of ether oxygens (including phenoxy) is 1. The number of nitrogens with zero attached hydrogens (tertiary/aromatic N) is 2. The number of fused-ring (bicyclic) bond motifs is 2. The van der Waals surface area contributed by atoms with E-state index in [2.05, 4.69) is 15.5 Å². The molecule has 0 saturated heterocycles. The van der Waals surface area contributed by atoms with Gasteiger partial charge in [-0.2, -0.15) is 5.10 Å². The molecule has 7 nitrogen and oxygen atoms in total. The summed E-state index contributed by atoms with van der Waals surface area (Å²) in [6.07, 6.45) is 4.22. The third kappa shape index (κ3) is 2.95. The minimum Gasteiger partial charge on any atom is -0.497 e. The van der Waals surface area contributed by atoms with Crippen molar-refractivity contribution < 1.29 is 14.3 Å². The normalized spacial score (nSPS) is 21.4. The molecule has 5 rings (SSSR count). The van der Waals surface area contributed by atoms with Gasteiger partial charge in [0, 0.05) is 43.2 Å². The van der Waals surface area contributed by atoms with Crippen LogP contribution < -0.4 is 10.1 Å². The van der Waals surface area contributed by atoms with Crippen molar-refractivity contribution in [2.45, 2.75) is 43.9 Å². The lowest BCUT2D eigenvalue weighted by Crippen LogP contribution is -2.40. The standard InChI is InChI=1S/C21H24N4O3/c1-28-13-4-5-17-15(10-13)16(11-19(26)22-17)21(27)25-8-6-14-18(7-9-25)23-24-20(14)12-2-3-12/h4-5,10,12,16H,2-3,6-9,11H2,1H3,(H,22,26)(H,23,24). The number of amides is 2. The third-order valence-corrected chi connectivity index (χ3v) is 6.12. The number of methoxy groups -OCH3 is 1. The average molecular weight is 380 g/mol. The second-order valence-electron chi connectivity index (χ2n) is 7.92. The summed E-state index contributed by atoms with van der Waals surface area (Å²) in [5.74, 6) is 0.741. The Morgan fingerprint density at radius 2 is 2.07 bits per heavy atom. The SMILES string of the molecule is COc1ccc2c(c1)C(C(=O)N1CCc3[nH]nc(C4CC4)c3CC1)CC(=O)N2. The molecule has 3 heterocycles. The smallest absolute Gasteiger partial charge is 0.230 e. The molecule has 0 radical (unpaired) electrons. The van der Waals surface area contributed by atoms with Gasteiger partial charge in [0.1, 0.15) is 5.75 Å². The minimum atomic E-state index is -0.462. The lowest BCUT2D eigenvalue weighted by atomic mass is 9.89.